The van der Waals surface area contributed by atoms with Crippen molar-refractivity contribution < 1.29 is 9.26 Å². The van der Waals surface area contributed by atoms with Gasteiger partial charge in [0.1, 0.15) is 5.75 Å². The van der Waals surface area contributed by atoms with Gasteiger partial charge in [-0.3, -0.25) is 0 Å². The molecule has 1 aromatic carbocycles. The molecule has 0 heterocycles. The second kappa shape index (κ2) is 8.81. The molecule has 0 aliphatic heterocycles. The zero-order valence-electron chi connectivity index (χ0n) is 10.0. The first kappa shape index (κ1) is 15.7. The third-order valence-electron chi connectivity index (χ3n) is 2.08. The van der Waals surface area contributed by atoms with Crippen LogP contribution < -0.4 is 10.0 Å². The predicted molar refractivity (Wildman–Crippen MR) is 73.6 cm³/mol. The zero-order chi connectivity index (χ0) is 11.1. The van der Waals surface area contributed by atoms with Crippen molar-refractivity contribution in [3.05, 3.63) is 24.3 Å². The molecule has 0 bridgehead atoms. The normalized spacial score (nSPS) is 10.8. The van der Waals surface area contributed by atoms with Crippen molar-refractivity contribution in [2.75, 3.05) is 13.7 Å². The maximum Gasteiger partial charge on any atom is 0.118 e. The van der Waals surface area contributed by atoms with E-state index in [9.17, 15) is 0 Å². The van der Waals surface area contributed by atoms with Crippen molar-refractivity contribution in [1.29, 1.82) is 0 Å². The molecular formula is C12H20ClO2P. The average molecular weight is 263 g/mol. The highest BCUT2D eigenvalue weighted by Crippen LogP contribution is 2.16. The first-order valence-corrected chi connectivity index (χ1v) is 6.15. The second-order valence-electron chi connectivity index (χ2n) is 3.86. The van der Waals surface area contributed by atoms with Gasteiger partial charge in [-0.05, 0) is 41.9 Å². The van der Waals surface area contributed by atoms with Gasteiger partial charge in [0.25, 0.3) is 0 Å². The van der Waals surface area contributed by atoms with E-state index in [2.05, 4.69) is 13.8 Å². The molecule has 2 nitrogen and oxygen atoms in total. The third kappa shape index (κ3) is 6.32. The number of hydrogen-bond acceptors (Lipinski definition) is 2. The second-order valence-corrected chi connectivity index (χ2v) is 4.93. The molecule has 0 fully saturated rings. The fourth-order valence-electron chi connectivity index (χ4n) is 1.09. The molecule has 1 atom stereocenters. The van der Waals surface area contributed by atoms with Gasteiger partial charge in [0.2, 0.25) is 0 Å². The standard InChI is InChI=1S/C12H19O2P.ClH/c1-10(2)8-9-14-15-12-6-4-11(13-3)5-7-12;/h4-7,10,15H,8-9H2,1-3H3;1H. The molecule has 0 aliphatic rings. The van der Waals surface area contributed by atoms with Crippen molar-refractivity contribution in [2.45, 2.75) is 20.3 Å². The highest BCUT2D eigenvalue weighted by molar-refractivity contribution is 7.41. The minimum absolute atomic E-state index is 0. The van der Waals surface area contributed by atoms with Crippen LogP contribution in [0.3, 0.4) is 0 Å². The fourth-order valence-corrected chi connectivity index (χ4v) is 1.78. The van der Waals surface area contributed by atoms with Crippen LogP contribution in [0.25, 0.3) is 0 Å². The summed E-state index contributed by atoms with van der Waals surface area (Å²) in [6, 6.07) is 8.03. The number of benzene rings is 1. The molecule has 16 heavy (non-hydrogen) atoms. The summed E-state index contributed by atoms with van der Waals surface area (Å²) in [7, 11) is 2.12. The lowest BCUT2D eigenvalue weighted by Gasteiger charge is -2.06. The lowest BCUT2D eigenvalue weighted by atomic mass is 10.2. The molecule has 1 unspecified atom stereocenters. The molecule has 0 saturated heterocycles. The monoisotopic (exact) mass is 262 g/mol. The van der Waals surface area contributed by atoms with Crippen LogP contribution in [-0.4, -0.2) is 13.7 Å². The average Bonchev–Trinajstić information content (AvgIpc) is 2.25. The van der Waals surface area contributed by atoms with Crippen LogP contribution in [0.1, 0.15) is 20.3 Å². The summed E-state index contributed by atoms with van der Waals surface area (Å²) in [6.07, 6.45) is 1.13. The van der Waals surface area contributed by atoms with Crippen LogP contribution in [0.4, 0.5) is 0 Å². The Bertz CT molecular complexity index is 275. The van der Waals surface area contributed by atoms with E-state index in [1.54, 1.807) is 7.11 Å². The van der Waals surface area contributed by atoms with Crippen molar-refractivity contribution in [3.8, 4) is 5.75 Å². The minimum atomic E-state index is 0. The maximum absolute atomic E-state index is 5.59. The molecule has 0 radical (unpaired) electrons. The smallest absolute Gasteiger partial charge is 0.118 e. The molecule has 0 aliphatic carbocycles. The molecule has 4 heteroatoms. The highest BCUT2D eigenvalue weighted by atomic mass is 35.5. The maximum atomic E-state index is 5.59. The molecular weight excluding hydrogens is 243 g/mol. The zero-order valence-corrected chi connectivity index (χ0v) is 11.8. The number of ether oxygens (including phenoxy) is 1. The van der Waals surface area contributed by atoms with E-state index < -0.39 is 0 Å². The molecule has 0 aromatic heterocycles. The Kier molecular flexibility index (Phi) is 8.64. The van der Waals surface area contributed by atoms with E-state index in [0.29, 0.717) is 14.7 Å². The van der Waals surface area contributed by atoms with Gasteiger partial charge >= 0.3 is 0 Å². The lowest BCUT2D eigenvalue weighted by Crippen LogP contribution is -1.98. The van der Waals surface area contributed by atoms with E-state index in [0.717, 1.165) is 18.8 Å². The van der Waals surface area contributed by atoms with Crippen LogP contribution in [-0.2, 0) is 4.52 Å². The van der Waals surface area contributed by atoms with E-state index >= 15 is 0 Å². The van der Waals surface area contributed by atoms with E-state index in [1.807, 2.05) is 24.3 Å². The molecule has 0 amide bonds. The quantitative estimate of drug-likeness (QED) is 0.578. The van der Waals surface area contributed by atoms with E-state index in [4.69, 9.17) is 9.26 Å². The molecule has 0 N–H and O–H groups in total. The first-order valence-electron chi connectivity index (χ1n) is 5.24. The predicted octanol–water partition coefficient (Wildman–Crippen LogP) is 3.40. The minimum Gasteiger partial charge on any atom is -0.497 e. The summed E-state index contributed by atoms with van der Waals surface area (Å²) in [5.41, 5.74) is 0. The van der Waals surface area contributed by atoms with Gasteiger partial charge in [-0.25, -0.2) is 0 Å². The lowest BCUT2D eigenvalue weighted by molar-refractivity contribution is 0.329. The van der Waals surface area contributed by atoms with Gasteiger partial charge in [-0.15, -0.1) is 12.4 Å². The molecule has 0 spiro atoms. The van der Waals surface area contributed by atoms with Gasteiger partial charge in [0.15, 0.2) is 0 Å². The van der Waals surface area contributed by atoms with Crippen molar-refractivity contribution in [2.24, 2.45) is 5.92 Å². The van der Waals surface area contributed by atoms with Crippen LogP contribution in [0.5, 0.6) is 5.75 Å². The summed E-state index contributed by atoms with van der Waals surface area (Å²) in [4.78, 5) is 0. The van der Waals surface area contributed by atoms with Gasteiger partial charge in [0, 0.05) is 8.81 Å². The Balaban J connectivity index is 0.00000225. The Labute approximate surface area is 106 Å². The van der Waals surface area contributed by atoms with Crippen molar-refractivity contribution in [3.63, 3.8) is 0 Å². The summed E-state index contributed by atoms with van der Waals surface area (Å²) < 4.78 is 10.7. The topological polar surface area (TPSA) is 18.5 Å². The highest BCUT2D eigenvalue weighted by Gasteiger charge is 1.96. The third-order valence-corrected chi connectivity index (χ3v) is 2.99. The fraction of sp³-hybridized carbons (Fsp3) is 0.500. The number of rotatable bonds is 6. The molecule has 92 valence electrons. The van der Waals surface area contributed by atoms with Crippen LogP contribution >= 0.6 is 21.2 Å². The number of halogens is 1. The molecule has 0 saturated carbocycles. The van der Waals surface area contributed by atoms with Gasteiger partial charge in [-0.1, -0.05) is 13.8 Å². The van der Waals surface area contributed by atoms with Crippen molar-refractivity contribution >= 4 is 26.5 Å². The van der Waals surface area contributed by atoms with Gasteiger partial charge in [0.05, 0.1) is 13.7 Å². The van der Waals surface area contributed by atoms with Crippen molar-refractivity contribution in [1.82, 2.24) is 0 Å². The Morgan fingerprint density at radius 3 is 2.31 bits per heavy atom. The summed E-state index contributed by atoms with van der Waals surface area (Å²) in [5, 5.41) is 1.22. The van der Waals surface area contributed by atoms with Crippen LogP contribution in [0, 0.1) is 5.92 Å². The Hall–Kier alpha value is -0.300. The van der Waals surface area contributed by atoms with Crippen LogP contribution in [0.15, 0.2) is 24.3 Å². The van der Waals surface area contributed by atoms with E-state index in [-0.39, 0.29) is 12.4 Å². The Morgan fingerprint density at radius 2 is 1.81 bits per heavy atom. The van der Waals surface area contributed by atoms with Gasteiger partial charge in [-0.2, -0.15) is 0 Å². The molecule has 1 aromatic rings. The number of methoxy groups -OCH3 is 1. The Morgan fingerprint density at radius 1 is 1.19 bits per heavy atom. The largest absolute Gasteiger partial charge is 0.497 e. The van der Waals surface area contributed by atoms with Gasteiger partial charge < -0.3 is 9.26 Å². The first-order chi connectivity index (χ1) is 7.22. The SMILES string of the molecule is COc1ccc(POCCC(C)C)cc1.Cl. The summed E-state index contributed by atoms with van der Waals surface area (Å²) in [6.45, 7) is 5.27. The summed E-state index contributed by atoms with van der Waals surface area (Å²) >= 11 is 0. The molecule has 1 rings (SSSR count). The van der Waals surface area contributed by atoms with Crippen LogP contribution in [0.2, 0.25) is 0 Å². The summed E-state index contributed by atoms with van der Waals surface area (Å²) in [5.74, 6) is 1.61. The van der Waals surface area contributed by atoms with E-state index in [1.165, 1.54) is 5.30 Å². The number of hydrogen-bond donors (Lipinski definition) is 0.